The highest BCUT2D eigenvalue weighted by Gasteiger charge is 2.37. The second-order valence-corrected chi connectivity index (χ2v) is 9.67. The fourth-order valence-electron chi connectivity index (χ4n) is 3.75. The van der Waals surface area contributed by atoms with Crippen LogP contribution in [0, 0.1) is 0 Å². The number of hydrogen-bond donors (Lipinski definition) is 0. The molecule has 162 valence electrons. The molecule has 0 aliphatic carbocycles. The first-order chi connectivity index (χ1) is 13.8. The molecule has 2 saturated heterocycles. The maximum Gasteiger partial charge on any atom is 0.282 e. The Morgan fingerprint density at radius 1 is 1.07 bits per heavy atom. The third kappa shape index (κ3) is 5.55. The molecule has 2 aliphatic rings. The molecule has 1 aromatic rings. The molecule has 2 aliphatic heterocycles. The van der Waals surface area contributed by atoms with Gasteiger partial charge >= 0.3 is 0 Å². The van der Waals surface area contributed by atoms with Gasteiger partial charge in [-0.25, -0.2) is 0 Å². The first-order valence-corrected chi connectivity index (χ1v) is 11.5. The lowest BCUT2D eigenvalue weighted by Crippen LogP contribution is -2.58. The van der Waals surface area contributed by atoms with Crippen molar-refractivity contribution in [2.75, 3.05) is 39.3 Å². The first kappa shape index (κ1) is 22.2. The lowest BCUT2D eigenvalue weighted by atomic mass is 10.2. The van der Waals surface area contributed by atoms with Crippen LogP contribution in [0.15, 0.2) is 30.3 Å². The van der Waals surface area contributed by atoms with E-state index < -0.39 is 16.3 Å². The summed E-state index contributed by atoms with van der Waals surface area (Å²) >= 11 is 0. The lowest BCUT2D eigenvalue weighted by Gasteiger charge is -2.40. The molecule has 2 heterocycles. The Hall–Kier alpha value is -1.52. The van der Waals surface area contributed by atoms with E-state index in [-0.39, 0.29) is 18.1 Å². The number of benzene rings is 1. The summed E-state index contributed by atoms with van der Waals surface area (Å²) in [7, 11) is -3.55. The standard InChI is InChI=1S/C20H31N3O5S/c1-16-13-23(14-17(2)28-16)29(25,26)22-11-9-21(10-12-22)20(24)18(3)27-15-19-7-5-4-6-8-19/h4-8,16-18H,9-15H2,1-3H3. The highest BCUT2D eigenvalue weighted by Crippen LogP contribution is 2.19. The van der Waals surface area contributed by atoms with Gasteiger partial charge in [0.2, 0.25) is 0 Å². The van der Waals surface area contributed by atoms with Crippen molar-refractivity contribution in [1.82, 2.24) is 13.5 Å². The van der Waals surface area contributed by atoms with Gasteiger partial charge in [0.1, 0.15) is 6.10 Å². The van der Waals surface area contributed by atoms with Crippen LogP contribution in [0.4, 0.5) is 0 Å². The molecule has 0 spiro atoms. The molecule has 1 aromatic carbocycles. The van der Waals surface area contributed by atoms with Crippen LogP contribution >= 0.6 is 0 Å². The largest absolute Gasteiger partial charge is 0.373 e. The van der Waals surface area contributed by atoms with Crippen LogP contribution in [0.5, 0.6) is 0 Å². The van der Waals surface area contributed by atoms with Crippen LogP contribution in [0.25, 0.3) is 0 Å². The molecular weight excluding hydrogens is 394 g/mol. The van der Waals surface area contributed by atoms with E-state index in [0.29, 0.717) is 45.9 Å². The molecule has 3 rings (SSSR count). The van der Waals surface area contributed by atoms with Gasteiger partial charge in [-0.3, -0.25) is 4.79 Å². The van der Waals surface area contributed by atoms with E-state index >= 15 is 0 Å². The van der Waals surface area contributed by atoms with Crippen LogP contribution < -0.4 is 0 Å². The number of hydrogen-bond acceptors (Lipinski definition) is 5. The van der Waals surface area contributed by atoms with Crippen LogP contribution in [-0.4, -0.2) is 85.4 Å². The van der Waals surface area contributed by atoms with Gasteiger partial charge in [-0.2, -0.15) is 17.0 Å². The van der Waals surface area contributed by atoms with Crippen molar-refractivity contribution in [2.24, 2.45) is 0 Å². The van der Waals surface area contributed by atoms with Crippen LogP contribution in [0.3, 0.4) is 0 Å². The fraction of sp³-hybridized carbons (Fsp3) is 0.650. The normalized spacial score (nSPS) is 25.7. The van der Waals surface area contributed by atoms with Gasteiger partial charge in [0, 0.05) is 39.3 Å². The smallest absolute Gasteiger partial charge is 0.282 e. The minimum Gasteiger partial charge on any atom is -0.373 e. The average Bonchev–Trinajstić information content (AvgIpc) is 2.71. The highest BCUT2D eigenvalue weighted by atomic mass is 32.2. The van der Waals surface area contributed by atoms with Crippen LogP contribution in [0.2, 0.25) is 0 Å². The summed E-state index contributed by atoms with van der Waals surface area (Å²) in [4.78, 5) is 14.4. The van der Waals surface area contributed by atoms with E-state index in [9.17, 15) is 13.2 Å². The summed E-state index contributed by atoms with van der Waals surface area (Å²) in [5.74, 6) is -0.105. The molecule has 0 saturated carbocycles. The predicted molar refractivity (Wildman–Crippen MR) is 109 cm³/mol. The Balaban J connectivity index is 1.50. The van der Waals surface area contributed by atoms with E-state index in [1.54, 1.807) is 11.8 Å². The van der Waals surface area contributed by atoms with E-state index in [2.05, 4.69) is 0 Å². The maximum absolute atomic E-state index is 13.0. The third-order valence-corrected chi connectivity index (χ3v) is 7.25. The first-order valence-electron chi connectivity index (χ1n) is 10.1. The molecule has 3 atom stereocenters. The van der Waals surface area contributed by atoms with Gasteiger partial charge in [0.05, 0.1) is 18.8 Å². The Labute approximate surface area is 173 Å². The number of carbonyl (C=O) groups excluding carboxylic acids is 1. The minimum absolute atomic E-state index is 0.105. The predicted octanol–water partition coefficient (Wildman–Crippen LogP) is 1.09. The van der Waals surface area contributed by atoms with Crippen molar-refractivity contribution in [3.05, 3.63) is 35.9 Å². The maximum atomic E-state index is 13.0. The number of piperazine rings is 1. The average molecular weight is 426 g/mol. The van der Waals surface area contributed by atoms with E-state index in [1.165, 1.54) is 8.61 Å². The van der Waals surface area contributed by atoms with Gasteiger partial charge in [0.25, 0.3) is 16.1 Å². The highest BCUT2D eigenvalue weighted by molar-refractivity contribution is 7.86. The molecular formula is C20H31N3O5S. The quantitative estimate of drug-likeness (QED) is 0.682. The second kappa shape index (κ2) is 9.53. The van der Waals surface area contributed by atoms with Gasteiger partial charge in [-0.1, -0.05) is 30.3 Å². The summed E-state index contributed by atoms with van der Waals surface area (Å²) in [6.07, 6.45) is -0.822. The minimum atomic E-state index is -3.55. The van der Waals surface area contributed by atoms with E-state index in [4.69, 9.17) is 9.47 Å². The molecule has 29 heavy (non-hydrogen) atoms. The zero-order chi connectivity index (χ0) is 21.0. The molecule has 0 aromatic heterocycles. The number of morpholine rings is 1. The topological polar surface area (TPSA) is 79.4 Å². The summed E-state index contributed by atoms with van der Waals surface area (Å²) < 4.78 is 40.3. The summed E-state index contributed by atoms with van der Waals surface area (Å²) in [5, 5.41) is 0. The van der Waals surface area contributed by atoms with Crippen molar-refractivity contribution in [1.29, 1.82) is 0 Å². The molecule has 0 N–H and O–H groups in total. The van der Waals surface area contributed by atoms with Crippen molar-refractivity contribution >= 4 is 16.1 Å². The number of ether oxygens (including phenoxy) is 2. The summed E-state index contributed by atoms with van der Waals surface area (Å²) in [5.41, 5.74) is 1.01. The zero-order valence-corrected chi connectivity index (χ0v) is 18.2. The van der Waals surface area contributed by atoms with Gasteiger partial charge < -0.3 is 14.4 Å². The summed E-state index contributed by atoms with van der Waals surface area (Å²) in [6.45, 7) is 7.91. The fourth-order valence-corrected chi connectivity index (χ4v) is 5.49. The second-order valence-electron chi connectivity index (χ2n) is 7.75. The number of amides is 1. The lowest BCUT2D eigenvalue weighted by molar-refractivity contribution is -0.144. The Kier molecular flexibility index (Phi) is 7.28. The monoisotopic (exact) mass is 425 g/mol. The Morgan fingerprint density at radius 3 is 2.24 bits per heavy atom. The van der Waals surface area contributed by atoms with Crippen LogP contribution in [-0.2, 0) is 31.1 Å². The Morgan fingerprint density at radius 2 is 1.66 bits per heavy atom. The molecule has 8 nitrogen and oxygen atoms in total. The zero-order valence-electron chi connectivity index (χ0n) is 17.4. The SMILES string of the molecule is CC1CN(S(=O)(=O)N2CCN(C(=O)C(C)OCc3ccccc3)CC2)CC(C)O1. The number of carbonyl (C=O) groups is 1. The van der Waals surface area contributed by atoms with Crippen molar-refractivity contribution < 1.29 is 22.7 Å². The van der Waals surface area contributed by atoms with Gasteiger partial charge in [0.15, 0.2) is 0 Å². The van der Waals surface area contributed by atoms with Crippen molar-refractivity contribution in [3.63, 3.8) is 0 Å². The van der Waals surface area contributed by atoms with Crippen molar-refractivity contribution in [2.45, 2.75) is 45.7 Å². The van der Waals surface area contributed by atoms with Crippen LogP contribution in [0.1, 0.15) is 26.3 Å². The third-order valence-electron chi connectivity index (χ3n) is 5.28. The van der Waals surface area contributed by atoms with Crippen molar-refractivity contribution in [3.8, 4) is 0 Å². The van der Waals surface area contributed by atoms with Gasteiger partial charge in [-0.05, 0) is 26.3 Å². The molecule has 3 unspecified atom stereocenters. The Bertz CT molecular complexity index is 771. The molecule has 2 fully saturated rings. The number of nitrogens with zero attached hydrogens (tertiary/aromatic N) is 3. The van der Waals surface area contributed by atoms with E-state index in [0.717, 1.165) is 5.56 Å². The van der Waals surface area contributed by atoms with E-state index in [1.807, 2.05) is 44.2 Å². The molecule has 9 heteroatoms. The van der Waals surface area contributed by atoms with Gasteiger partial charge in [-0.15, -0.1) is 0 Å². The summed E-state index contributed by atoms with van der Waals surface area (Å²) in [6, 6.07) is 9.70. The molecule has 0 radical (unpaired) electrons. The number of rotatable bonds is 6. The molecule has 1 amide bonds. The molecule has 0 bridgehead atoms.